The van der Waals surface area contributed by atoms with Crippen LogP contribution in [-0.4, -0.2) is 67.2 Å². The van der Waals surface area contributed by atoms with E-state index in [2.05, 4.69) is 30.4 Å². The SMILES string of the molecule is CNCCC1CN(c2cnnc3cc(OC)c(OC)cc23)CC1Oc1cnc2ccccc2n1. The molecule has 2 aromatic heterocycles. The molecule has 2 atom stereocenters. The van der Waals surface area contributed by atoms with E-state index in [1.807, 2.05) is 49.6 Å². The van der Waals surface area contributed by atoms with Gasteiger partial charge in [0.15, 0.2) is 11.5 Å². The van der Waals surface area contributed by atoms with Crippen molar-refractivity contribution >= 4 is 27.6 Å². The maximum absolute atomic E-state index is 6.41. The fraction of sp³-hybridized carbons (Fsp3) is 0.360. The molecule has 4 aromatic rings. The first-order valence-corrected chi connectivity index (χ1v) is 11.4. The molecule has 1 aliphatic heterocycles. The van der Waals surface area contributed by atoms with Crippen molar-refractivity contribution in [2.75, 3.05) is 45.8 Å². The van der Waals surface area contributed by atoms with Gasteiger partial charge >= 0.3 is 0 Å². The van der Waals surface area contributed by atoms with Crippen molar-refractivity contribution in [3.8, 4) is 17.4 Å². The molecule has 0 spiro atoms. The van der Waals surface area contributed by atoms with Crippen LogP contribution < -0.4 is 24.4 Å². The summed E-state index contributed by atoms with van der Waals surface area (Å²) in [5.74, 6) is 2.15. The first kappa shape index (κ1) is 22.1. The van der Waals surface area contributed by atoms with Crippen molar-refractivity contribution in [2.45, 2.75) is 12.5 Å². The van der Waals surface area contributed by atoms with E-state index in [0.29, 0.717) is 29.8 Å². The van der Waals surface area contributed by atoms with E-state index in [4.69, 9.17) is 14.2 Å². The van der Waals surface area contributed by atoms with Crippen LogP contribution in [0.5, 0.6) is 17.4 Å². The second kappa shape index (κ2) is 9.64. The lowest BCUT2D eigenvalue weighted by atomic mass is 10.0. The van der Waals surface area contributed by atoms with Crippen LogP contribution in [0.1, 0.15) is 6.42 Å². The van der Waals surface area contributed by atoms with E-state index in [-0.39, 0.29) is 6.10 Å². The van der Waals surface area contributed by atoms with Crippen LogP contribution >= 0.6 is 0 Å². The van der Waals surface area contributed by atoms with Crippen molar-refractivity contribution < 1.29 is 14.2 Å². The van der Waals surface area contributed by atoms with Crippen molar-refractivity contribution in [2.24, 2.45) is 5.92 Å². The first-order chi connectivity index (χ1) is 16.7. The van der Waals surface area contributed by atoms with Gasteiger partial charge in [0.05, 0.1) is 55.4 Å². The molecule has 2 aromatic carbocycles. The fourth-order valence-electron chi connectivity index (χ4n) is 4.55. The monoisotopic (exact) mass is 460 g/mol. The van der Waals surface area contributed by atoms with E-state index in [1.165, 1.54) is 0 Å². The van der Waals surface area contributed by atoms with E-state index in [9.17, 15) is 0 Å². The molecule has 0 bridgehead atoms. The molecule has 176 valence electrons. The topological polar surface area (TPSA) is 94.5 Å². The lowest BCUT2D eigenvalue weighted by molar-refractivity contribution is 0.162. The minimum Gasteiger partial charge on any atom is -0.493 e. The number of rotatable bonds is 8. The normalized spacial score (nSPS) is 17.9. The Morgan fingerprint density at radius 3 is 2.59 bits per heavy atom. The minimum absolute atomic E-state index is 0.0350. The number of fused-ring (bicyclic) bond motifs is 2. The van der Waals surface area contributed by atoms with Gasteiger partial charge in [0, 0.05) is 23.9 Å². The van der Waals surface area contributed by atoms with Gasteiger partial charge < -0.3 is 24.4 Å². The molecule has 5 rings (SSSR count). The third-order valence-corrected chi connectivity index (χ3v) is 6.31. The number of anilines is 1. The highest BCUT2D eigenvalue weighted by Crippen LogP contribution is 2.37. The Morgan fingerprint density at radius 2 is 1.79 bits per heavy atom. The van der Waals surface area contributed by atoms with Gasteiger partial charge in [0.1, 0.15) is 6.10 Å². The number of hydrogen-bond acceptors (Lipinski definition) is 9. The Labute approximate surface area is 198 Å². The zero-order chi connectivity index (χ0) is 23.5. The molecule has 0 aliphatic carbocycles. The van der Waals surface area contributed by atoms with Crippen LogP contribution in [0.4, 0.5) is 5.69 Å². The van der Waals surface area contributed by atoms with E-state index in [1.54, 1.807) is 20.4 Å². The minimum atomic E-state index is -0.0350. The quantitative estimate of drug-likeness (QED) is 0.426. The summed E-state index contributed by atoms with van der Waals surface area (Å²) in [5, 5.41) is 12.8. The summed E-state index contributed by atoms with van der Waals surface area (Å²) >= 11 is 0. The predicted molar refractivity (Wildman–Crippen MR) is 131 cm³/mol. The maximum Gasteiger partial charge on any atom is 0.233 e. The van der Waals surface area contributed by atoms with Crippen molar-refractivity contribution in [1.82, 2.24) is 25.5 Å². The van der Waals surface area contributed by atoms with Gasteiger partial charge in [-0.15, -0.1) is 0 Å². The van der Waals surface area contributed by atoms with E-state index < -0.39 is 0 Å². The van der Waals surface area contributed by atoms with Gasteiger partial charge in [-0.2, -0.15) is 10.2 Å². The molecule has 0 radical (unpaired) electrons. The number of aromatic nitrogens is 4. The molecule has 0 amide bonds. The molecule has 1 saturated heterocycles. The van der Waals surface area contributed by atoms with Crippen molar-refractivity contribution in [1.29, 1.82) is 0 Å². The average molecular weight is 461 g/mol. The summed E-state index contributed by atoms with van der Waals surface area (Å²) in [6, 6.07) is 11.6. The summed E-state index contributed by atoms with van der Waals surface area (Å²) in [5.41, 5.74) is 3.43. The van der Waals surface area contributed by atoms with Crippen LogP contribution in [0, 0.1) is 5.92 Å². The van der Waals surface area contributed by atoms with E-state index >= 15 is 0 Å². The van der Waals surface area contributed by atoms with Crippen molar-refractivity contribution in [3.05, 3.63) is 48.8 Å². The van der Waals surface area contributed by atoms with E-state index in [0.717, 1.165) is 47.1 Å². The van der Waals surface area contributed by atoms with Gasteiger partial charge in [-0.25, -0.2) is 9.97 Å². The lowest BCUT2D eigenvalue weighted by Gasteiger charge is -2.20. The standard InChI is InChI=1S/C25H28N6O3/c1-26-9-8-16-14-31(15-24(16)34-25-13-27-18-6-4-5-7-19(18)29-25)21-12-28-30-20-11-23(33-3)22(32-2)10-17(20)21/h4-7,10-13,16,24,26H,8-9,14-15H2,1-3H3. The number of para-hydroxylation sites is 2. The van der Waals surface area contributed by atoms with Gasteiger partial charge in [-0.1, -0.05) is 12.1 Å². The molecular formula is C25H28N6O3. The number of hydrogen-bond donors (Lipinski definition) is 1. The van der Waals surface area contributed by atoms with Crippen molar-refractivity contribution in [3.63, 3.8) is 0 Å². The van der Waals surface area contributed by atoms with Crippen LogP contribution in [0.15, 0.2) is 48.8 Å². The third kappa shape index (κ3) is 4.26. The number of benzene rings is 2. The molecule has 9 nitrogen and oxygen atoms in total. The van der Waals surface area contributed by atoms with Crippen LogP contribution in [0.25, 0.3) is 21.9 Å². The molecule has 0 saturated carbocycles. The maximum atomic E-state index is 6.41. The smallest absolute Gasteiger partial charge is 0.233 e. The molecule has 1 fully saturated rings. The third-order valence-electron chi connectivity index (χ3n) is 6.31. The molecular weight excluding hydrogens is 432 g/mol. The number of ether oxygens (including phenoxy) is 3. The summed E-state index contributed by atoms with van der Waals surface area (Å²) in [4.78, 5) is 11.5. The Bertz CT molecular complexity index is 1300. The number of methoxy groups -OCH3 is 2. The second-order valence-electron chi connectivity index (χ2n) is 8.36. The Morgan fingerprint density at radius 1 is 1.00 bits per heavy atom. The summed E-state index contributed by atoms with van der Waals surface area (Å²) in [7, 11) is 5.22. The average Bonchev–Trinajstić information content (AvgIpc) is 3.28. The second-order valence-corrected chi connectivity index (χ2v) is 8.36. The zero-order valence-electron chi connectivity index (χ0n) is 19.6. The Balaban J connectivity index is 1.45. The Hall–Kier alpha value is -3.72. The molecule has 2 unspecified atom stereocenters. The lowest BCUT2D eigenvalue weighted by Crippen LogP contribution is -2.29. The highest BCUT2D eigenvalue weighted by molar-refractivity contribution is 5.93. The molecule has 34 heavy (non-hydrogen) atoms. The number of nitrogens with one attached hydrogen (secondary N) is 1. The Kier molecular flexibility index (Phi) is 6.27. The number of nitrogens with zero attached hydrogens (tertiary/aromatic N) is 5. The predicted octanol–water partition coefficient (Wildman–Crippen LogP) is 3.08. The van der Waals surface area contributed by atoms with Gasteiger partial charge in [-0.05, 0) is 38.2 Å². The van der Waals surface area contributed by atoms with Crippen LogP contribution in [0.2, 0.25) is 0 Å². The summed E-state index contributed by atoms with van der Waals surface area (Å²) < 4.78 is 17.4. The molecule has 1 N–H and O–H groups in total. The summed E-state index contributed by atoms with van der Waals surface area (Å²) in [6.45, 7) is 2.45. The highest BCUT2D eigenvalue weighted by Gasteiger charge is 2.35. The van der Waals surface area contributed by atoms with Gasteiger partial charge in [-0.3, -0.25) is 0 Å². The highest BCUT2D eigenvalue weighted by atomic mass is 16.5. The van der Waals surface area contributed by atoms with Gasteiger partial charge in [0.2, 0.25) is 5.88 Å². The van der Waals surface area contributed by atoms with Crippen LogP contribution in [-0.2, 0) is 0 Å². The summed E-state index contributed by atoms with van der Waals surface area (Å²) in [6.07, 6.45) is 4.46. The zero-order valence-corrected chi connectivity index (χ0v) is 19.6. The first-order valence-electron chi connectivity index (χ1n) is 11.4. The fourth-order valence-corrected chi connectivity index (χ4v) is 4.55. The molecule has 1 aliphatic rings. The van der Waals surface area contributed by atoms with Gasteiger partial charge in [0.25, 0.3) is 0 Å². The molecule has 3 heterocycles. The largest absolute Gasteiger partial charge is 0.493 e. The molecule has 9 heteroatoms. The van der Waals surface area contributed by atoms with Crippen LogP contribution in [0.3, 0.4) is 0 Å².